The number of carbonyl (C=O) groups is 1. The Bertz CT molecular complexity index is 577. The third-order valence-corrected chi connectivity index (χ3v) is 1.80. The SMILES string of the molecule is NC(=O)c1cnc(-c2noc(C(F)(F)F)n2)cn1. The van der Waals surface area contributed by atoms with E-state index < -0.39 is 18.0 Å². The zero-order valence-corrected chi connectivity index (χ0v) is 8.47. The van der Waals surface area contributed by atoms with Crippen molar-refractivity contribution in [3.8, 4) is 11.5 Å². The van der Waals surface area contributed by atoms with Gasteiger partial charge in [0.25, 0.3) is 5.91 Å². The molecule has 2 rings (SSSR count). The van der Waals surface area contributed by atoms with Gasteiger partial charge in [-0.15, -0.1) is 0 Å². The lowest BCUT2D eigenvalue weighted by atomic mass is 10.4. The molecule has 0 fully saturated rings. The van der Waals surface area contributed by atoms with E-state index in [1.54, 1.807) is 0 Å². The normalized spacial score (nSPS) is 11.5. The molecule has 0 aliphatic heterocycles. The summed E-state index contributed by atoms with van der Waals surface area (Å²) >= 11 is 0. The zero-order chi connectivity index (χ0) is 13.3. The molecular weight excluding hydrogens is 255 g/mol. The van der Waals surface area contributed by atoms with Crippen LogP contribution in [0.5, 0.6) is 0 Å². The molecule has 18 heavy (non-hydrogen) atoms. The van der Waals surface area contributed by atoms with Crippen molar-refractivity contribution in [1.29, 1.82) is 0 Å². The number of nitrogens with two attached hydrogens (primary N) is 1. The van der Waals surface area contributed by atoms with Gasteiger partial charge >= 0.3 is 12.1 Å². The molecular formula is C8H4F3N5O2. The second-order valence-electron chi connectivity index (χ2n) is 3.07. The summed E-state index contributed by atoms with van der Waals surface area (Å²) < 4.78 is 40.6. The summed E-state index contributed by atoms with van der Waals surface area (Å²) in [5.41, 5.74) is 4.73. The fourth-order valence-electron chi connectivity index (χ4n) is 1.01. The Morgan fingerprint density at radius 1 is 1.28 bits per heavy atom. The molecule has 0 aliphatic rings. The van der Waals surface area contributed by atoms with Gasteiger partial charge in [-0.3, -0.25) is 4.79 Å². The largest absolute Gasteiger partial charge is 0.471 e. The molecule has 0 atom stereocenters. The fraction of sp³-hybridized carbons (Fsp3) is 0.125. The van der Waals surface area contributed by atoms with Crippen LogP contribution < -0.4 is 5.73 Å². The number of carbonyl (C=O) groups excluding carboxylic acids is 1. The van der Waals surface area contributed by atoms with Gasteiger partial charge in [-0.2, -0.15) is 18.2 Å². The van der Waals surface area contributed by atoms with Crippen LogP contribution in [0.15, 0.2) is 16.9 Å². The van der Waals surface area contributed by atoms with Crippen molar-refractivity contribution < 1.29 is 22.5 Å². The highest BCUT2D eigenvalue weighted by Crippen LogP contribution is 2.28. The average Bonchev–Trinajstić information content (AvgIpc) is 2.78. The van der Waals surface area contributed by atoms with Crippen LogP contribution in [0.4, 0.5) is 13.2 Å². The first-order chi connectivity index (χ1) is 8.38. The molecule has 10 heteroatoms. The number of nitrogens with zero attached hydrogens (tertiary/aromatic N) is 4. The van der Waals surface area contributed by atoms with E-state index in [-0.39, 0.29) is 17.2 Å². The third kappa shape index (κ3) is 2.26. The Kier molecular flexibility index (Phi) is 2.69. The fourth-order valence-corrected chi connectivity index (χ4v) is 1.01. The standard InChI is InChI=1S/C8H4F3N5O2/c9-8(10,11)7-15-6(16-18-7)4-2-13-3(1-14-4)5(12)17/h1-2H,(H2,12,17). The first-order valence-corrected chi connectivity index (χ1v) is 4.41. The van der Waals surface area contributed by atoms with Crippen LogP contribution in [0.3, 0.4) is 0 Å². The minimum absolute atomic E-state index is 0.0701. The predicted octanol–water partition coefficient (Wildman–Crippen LogP) is 0.644. The quantitative estimate of drug-likeness (QED) is 0.847. The van der Waals surface area contributed by atoms with E-state index in [0.717, 1.165) is 12.4 Å². The Labute approximate surface area is 96.8 Å². The lowest BCUT2D eigenvalue weighted by Crippen LogP contribution is -2.13. The summed E-state index contributed by atoms with van der Waals surface area (Å²) in [5, 5.41) is 3.10. The second kappa shape index (κ2) is 4.05. The van der Waals surface area contributed by atoms with Crippen LogP contribution in [0.2, 0.25) is 0 Å². The smallest absolute Gasteiger partial charge is 0.364 e. The molecule has 0 saturated heterocycles. The van der Waals surface area contributed by atoms with Crippen LogP contribution in [0, 0.1) is 0 Å². The molecule has 2 aromatic rings. The number of primary amides is 1. The Morgan fingerprint density at radius 3 is 2.44 bits per heavy atom. The molecule has 0 saturated carbocycles. The van der Waals surface area contributed by atoms with Gasteiger partial charge < -0.3 is 10.3 Å². The maximum Gasteiger partial charge on any atom is 0.471 e. The van der Waals surface area contributed by atoms with E-state index in [1.165, 1.54) is 0 Å². The van der Waals surface area contributed by atoms with Crippen LogP contribution in [0.1, 0.15) is 16.4 Å². The van der Waals surface area contributed by atoms with Crippen molar-refractivity contribution in [2.45, 2.75) is 6.18 Å². The van der Waals surface area contributed by atoms with Crippen molar-refractivity contribution in [3.63, 3.8) is 0 Å². The number of hydrogen-bond donors (Lipinski definition) is 1. The Balaban J connectivity index is 2.32. The first-order valence-electron chi connectivity index (χ1n) is 4.41. The summed E-state index contributed by atoms with van der Waals surface area (Å²) in [6.45, 7) is 0. The molecule has 0 aromatic carbocycles. The summed E-state index contributed by atoms with van der Waals surface area (Å²) in [5.74, 6) is -2.68. The maximum atomic E-state index is 12.2. The van der Waals surface area contributed by atoms with Crippen LogP contribution in [-0.2, 0) is 6.18 Å². The number of alkyl halides is 3. The van der Waals surface area contributed by atoms with Crippen molar-refractivity contribution in [2.75, 3.05) is 0 Å². The molecule has 0 bridgehead atoms. The van der Waals surface area contributed by atoms with Gasteiger partial charge in [-0.05, 0) is 0 Å². The summed E-state index contributed by atoms with van der Waals surface area (Å²) in [7, 11) is 0. The number of hydrogen-bond acceptors (Lipinski definition) is 6. The van der Waals surface area contributed by atoms with Crippen molar-refractivity contribution >= 4 is 5.91 Å². The van der Waals surface area contributed by atoms with E-state index >= 15 is 0 Å². The van der Waals surface area contributed by atoms with Gasteiger partial charge in [0.2, 0.25) is 5.82 Å². The van der Waals surface area contributed by atoms with Gasteiger partial charge in [0.1, 0.15) is 11.4 Å². The van der Waals surface area contributed by atoms with Crippen molar-refractivity contribution in [1.82, 2.24) is 20.1 Å². The van der Waals surface area contributed by atoms with E-state index in [4.69, 9.17) is 5.73 Å². The molecule has 0 aliphatic carbocycles. The Morgan fingerprint density at radius 2 is 2.00 bits per heavy atom. The van der Waals surface area contributed by atoms with Crippen molar-refractivity contribution in [2.24, 2.45) is 5.73 Å². The third-order valence-electron chi connectivity index (χ3n) is 1.80. The van der Waals surface area contributed by atoms with Gasteiger partial charge in [0.15, 0.2) is 0 Å². The van der Waals surface area contributed by atoms with E-state index in [2.05, 4.69) is 24.6 Å². The predicted molar refractivity (Wildman–Crippen MR) is 48.8 cm³/mol. The number of amides is 1. The van der Waals surface area contributed by atoms with Gasteiger partial charge in [0.05, 0.1) is 12.4 Å². The highest BCUT2D eigenvalue weighted by molar-refractivity contribution is 5.90. The van der Waals surface area contributed by atoms with Crippen LogP contribution in [0.25, 0.3) is 11.5 Å². The molecule has 0 unspecified atom stereocenters. The molecule has 2 aromatic heterocycles. The topological polar surface area (TPSA) is 108 Å². The number of halogens is 3. The van der Waals surface area contributed by atoms with Gasteiger partial charge in [-0.1, -0.05) is 5.16 Å². The molecule has 0 radical (unpaired) electrons. The van der Waals surface area contributed by atoms with Gasteiger partial charge in [-0.25, -0.2) is 9.97 Å². The monoisotopic (exact) mass is 259 g/mol. The zero-order valence-electron chi connectivity index (χ0n) is 8.47. The maximum absolute atomic E-state index is 12.2. The number of rotatable bonds is 2. The molecule has 2 N–H and O–H groups in total. The minimum atomic E-state index is -4.73. The van der Waals surface area contributed by atoms with E-state index in [9.17, 15) is 18.0 Å². The van der Waals surface area contributed by atoms with Crippen LogP contribution in [-0.4, -0.2) is 26.0 Å². The highest BCUT2D eigenvalue weighted by Gasteiger charge is 2.38. The average molecular weight is 259 g/mol. The van der Waals surface area contributed by atoms with Gasteiger partial charge in [0, 0.05) is 0 Å². The molecule has 7 nitrogen and oxygen atoms in total. The lowest BCUT2D eigenvalue weighted by Gasteiger charge is -1.96. The second-order valence-corrected chi connectivity index (χ2v) is 3.07. The van der Waals surface area contributed by atoms with E-state index in [1.807, 2.05) is 0 Å². The minimum Gasteiger partial charge on any atom is -0.364 e. The summed E-state index contributed by atoms with van der Waals surface area (Å²) in [6.07, 6.45) is -2.71. The molecule has 2 heterocycles. The van der Waals surface area contributed by atoms with Crippen LogP contribution >= 0.6 is 0 Å². The highest BCUT2D eigenvalue weighted by atomic mass is 19.4. The first kappa shape index (κ1) is 12.0. The molecule has 0 spiro atoms. The summed E-state index contributed by atoms with van der Waals surface area (Å²) in [4.78, 5) is 21.0. The molecule has 1 amide bonds. The number of aromatic nitrogens is 4. The lowest BCUT2D eigenvalue weighted by molar-refractivity contribution is -0.159. The van der Waals surface area contributed by atoms with Crippen molar-refractivity contribution in [3.05, 3.63) is 24.0 Å². The Hall–Kier alpha value is -2.52. The summed E-state index contributed by atoms with van der Waals surface area (Å²) in [6, 6.07) is 0. The van der Waals surface area contributed by atoms with E-state index in [0.29, 0.717) is 0 Å². The molecule has 94 valence electrons.